The second kappa shape index (κ2) is 7.82. The maximum Gasteiger partial charge on any atom is 0.490 e. The number of alkyl halides is 3. The Labute approximate surface area is 163 Å². The molecule has 0 spiro atoms. The van der Waals surface area contributed by atoms with E-state index >= 15 is 0 Å². The van der Waals surface area contributed by atoms with Crippen LogP contribution in [0.15, 0.2) is 0 Å². The van der Waals surface area contributed by atoms with Gasteiger partial charge in [-0.05, 0) is 25.7 Å². The predicted octanol–water partition coefficient (Wildman–Crippen LogP) is 1.46. The lowest BCUT2D eigenvalue weighted by Gasteiger charge is -2.25. The standard InChI is InChI=1S/C14H20N4O2S.C2HF3O2/c1-9-16-17-13(21-9)18-5-11-6-20-8-14(11,7-18)12(19)15-4-10-2-3-10;3-2(4,5)1(6)7/h10-11H,2-8H2,1H3,(H,15,19);(H,6,7)/t11-,14-;/m1./s1. The first-order chi connectivity index (χ1) is 13.1. The Balaban J connectivity index is 0.000000279. The van der Waals surface area contributed by atoms with E-state index < -0.39 is 17.6 Å². The molecule has 0 radical (unpaired) electrons. The third-order valence-corrected chi connectivity index (χ3v) is 6.00. The highest BCUT2D eigenvalue weighted by Gasteiger charge is 2.56. The van der Waals surface area contributed by atoms with E-state index in [1.54, 1.807) is 11.3 Å². The van der Waals surface area contributed by atoms with Gasteiger partial charge in [-0.1, -0.05) is 11.3 Å². The van der Waals surface area contributed by atoms with Gasteiger partial charge in [0.2, 0.25) is 11.0 Å². The van der Waals surface area contributed by atoms with Crippen molar-refractivity contribution in [1.82, 2.24) is 15.5 Å². The molecule has 1 aromatic heterocycles. The van der Waals surface area contributed by atoms with Crippen molar-refractivity contribution < 1.29 is 32.6 Å². The molecule has 2 aliphatic heterocycles. The molecule has 2 atom stereocenters. The van der Waals surface area contributed by atoms with Crippen molar-refractivity contribution in [1.29, 1.82) is 0 Å². The van der Waals surface area contributed by atoms with Gasteiger partial charge >= 0.3 is 12.1 Å². The number of carboxylic acid groups (broad SMARTS) is 1. The number of carbonyl (C=O) groups excluding carboxylic acids is 1. The predicted molar refractivity (Wildman–Crippen MR) is 93.0 cm³/mol. The van der Waals surface area contributed by atoms with Crippen LogP contribution in [0.1, 0.15) is 17.8 Å². The van der Waals surface area contributed by atoms with Crippen molar-refractivity contribution in [3.05, 3.63) is 5.01 Å². The fourth-order valence-electron chi connectivity index (χ4n) is 3.35. The summed E-state index contributed by atoms with van der Waals surface area (Å²) >= 11 is 1.59. The van der Waals surface area contributed by atoms with Gasteiger partial charge < -0.3 is 20.1 Å². The number of aliphatic carboxylic acids is 1. The van der Waals surface area contributed by atoms with Crippen LogP contribution in [-0.2, 0) is 14.3 Å². The Kier molecular flexibility index (Phi) is 5.80. The minimum absolute atomic E-state index is 0.167. The molecule has 0 bridgehead atoms. The van der Waals surface area contributed by atoms with Crippen LogP contribution in [0.3, 0.4) is 0 Å². The number of carbonyl (C=O) groups is 2. The Morgan fingerprint density at radius 3 is 2.61 bits per heavy atom. The second-order valence-electron chi connectivity index (χ2n) is 7.31. The molecule has 1 amide bonds. The van der Waals surface area contributed by atoms with Crippen molar-refractivity contribution in [3.8, 4) is 0 Å². The summed E-state index contributed by atoms with van der Waals surface area (Å²) in [6.45, 7) is 5.52. The van der Waals surface area contributed by atoms with Gasteiger partial charge in [0.25, 0.3) is 0 Å². The average molecular weight is 422 g/mol. The first-order valence-electron chi connectivity index (χ1n) is 8.83. The summed E-state index contributed by atoms with van der Waals surface area (Å²) in [5.41, 5.74) is -0.394. The molecule has 1 aromatic rings. The van der Waals surface area contributed by atoms with Gasteiger partial charge in [0, 0.05) is 25.6 Å². The Morgan fingerprint density at radius 2 is 2.07 bits per heavy atom. The summed E-state index contributed by atoms with van der Waals surface area (Å²) in [6, 6.07) is 0. The van der Waals surface area contributed by atoms with Crippen LogP contribution in [0.25, 0.3) is 0 Å². The first-order valence-corrected chi connectivity index (χ1v) is 9.64. The highest BCUT2D eigenvalue weighted by molar-refractivity contribution is 7.15. The normalized spacial score (nSPS) is 26.4. The number of aryl methyl sites for hydroxylation is 1. The molecule has 12 heteroatoms. The topological polar surface area (TPSA) is 105 Å². The largest absolute Gasteiger partial charge is 0.490 e. The Bertz CT molecular complexity index is 740. The Hall–Kier alpha value is -1.95. The highest BCUT2D eigenvalue weighted by atomic mass is 32.1. The van der Waals surface area contributed by atoms with Crippen LogP contribution in [0, 0.1) is 24.2 Å². The summed E-state index contributed by atoms with van der Waals surface area (Å²) in [6.07, 6.45) is -2.58. The third-order valence-electron chi connectivity index (χ3n) is 5.10. The van der Waals surface area contributed by atoms with Gasteiger partial charge in [-0.2, -0.15) is 13.2 Å². The maximum absolute atomic E-state index is 12.7. The zero-order chi connectivity index (χ0) is 20.5. The van der Waals surface area contributed by atoms with Gasteiger partial charge in [-0.15, -0.1) is 10.2 Å². The third kappa shape index (κ3) is 4.54. The molecule has 28 heavy (non-hydrogen) atoms. The van der Waals surface area contributed by atoms with Gasteiger partial charge in [0.15, 0.2) is 0 Å². The SMILES string of the molecule is Cc1nnc(N2C[C@@H]3COC[C@]3(C(=O)NCC3CC3)C2)s1.O=C(O)C(F)(F)F. The van der Waals surface area contributed by atoms with Crippen LogP contribution in [-0.4, -0.2) is 66.2 Å². The van der Waals surface area contributed by atoms with Crippen LogP contribution in [0.5, 0.6) is 0 Å². The number of fused-ring (bicyclic) bond motifs is 1. The molecule has 1 saturated carbocycles. The highest BCUT2D eigenvalue weighted by Crippen LogP contribution is 2.43. The Morgan fingerprint density at radius 1 is 1.39 bits per heavy atom. The van der Waals surface area contributed by atoms with Crippen molar-refractivity contribution in [2.75, 3.05) is 37.7 Å². The molecular weight excluding hydrogens is 401 g/mol. The van der Waals surface area contributed by atoms with Crippen molar-refractivity contribution in [3.63, 3.8) is 0 Å². The molecule has 3 fully saturated rings. The fraction of sp³-hybridized carbons (Fsp3) is 0.750. The number of nitrogens with zero attached hydrogens (tertiary/aromatic N) is 3. The molecular formula is C16H21F3N4O4S. The lowest BCUT2D eigenvalue weighted by molar-refractivity contribution is -0.192. The van der Waals surface area contributed by atoms with Crippen LogP contribution in [0.2, 0.25) is 0 Å². The van der Waals surface area contributed by atoms with E-state index in [2.05, 4.69) is 20.4 Å². The molecule has 156 valence electrons. The van der Waals surface area contributed by atoms with Crippen molar-refractivity contribution >= 4 is 28.3 Å². The molecule has 3 aliphatic rings. The number of halogens is 3. The lowest BCUT2D eigenvalue weighted by atomic mass is 9.80. The molecule has 2 saturated heterocycles. The van der Waals surface area contributed by atoms with Crippen molar-refractivity contribution in [2.24, 2.45) is 17.3 Å². The van der Waals surface area contributed by atoms with Crippen LogP contribution < -0.4 is 10.2 Å². The van der Waals surface area contributed by atoms with Gasteiger partial charge in [-0.25, -0.2) is 4.79 Å². The fourth-order valence-corrected chi connectivity index (χ4v) is 4.05. The van der Waals surface area contributed by atoms with E-state index in [4.69, 9.17) is 14.6 Å². The number of hydrogen-bond donors (Lipinski definition) is 2. The van der Waals surface area contributed by atoms with E-state index in [0.29, 0.717) is 25.7 Å². The number of rotatable bonds is 4. The number of anilines is 1. The van der Waals surface area contributed by atoms with Gasteiger partial charge in [0.05, 0.1) is 18.6 Å². The molecule has 2 N–H and O–H groups in total. The lowest BCUT2D eigenvalue weighted by Crippen LogP contribution is -2.47. The van der Waals surface area contributed by atoms with E-state index in [0.717, 1.165) is 23.2 Å². The average Bonchev–Trinajstić information content (AvgIpc) is 3.00. The molecule has 4 rings (SSSR count). The number of nitrogens with one attached hydrogen (secondary N) is 1. The monoisotopic (exact) mass is 422 g/mol. The summed E-state index contributed by atoms with van der Waals surface area (Å²) in [5.74, 6) is -1.62. The summed E-state index contributed by atoms with van der Waals surface area (Å²) in [5, 5.41) is 20.5. The smallest absolute Gasteiger partial charge is 0.475 e. The minimum atomic E-state index is -5.08. The molecule has 0 unspecified atom stereocenters. The van der Waals surface area contributed by atoms with Gasteiger partial charge in [0.1, 0.15) is 5.01 Å². The van der Waals surface area contributed by atoms with Crippen LogP contribution in [0.4, 0.5) is 18.3 Å². The van der Waals surface area contributed by atoms with Crippen LogP contribution >= 0.6 is 11.3 Å². The summed E-state index contributed by atoms with van der Waals surface area (Å²) in [4.78, 5) is 23.8. The quantitative estimate of drug-likeness (QED) is 0.757. The van der Waals surface area contributed by atoms with Crippen molar-refractivity contribution in [2.45, 2.75) is 25.9 Å². The number of carboxylic acids is 1. The summed E-state index contributed by atoms with van der Waals surface area (Å²) < 4.78 is 37.4. The van der Waals surface area contributed by atoms with E-state index in [1.165, 1.54) is 12.8 Å². The molecule has 8 nitrogen and oxygen atoms in total. The van der Waals surface area contributed by atoms with E-state index in [-0.39, 0.29) is 11.8 Å². The number of ether oxygens (including phenoxy) is 1. The summed E-state index contributed by atoms with van der Waals surface area (Å²) in [7, 11) is 0. The van der Waals surface area contributed by atoms with E-state index in [1.807, 2.05) is 6.92 Å². The maximum atomic E-state index is 12.7. The zero-order valence-corrected chi connectivity index (χ0v) is 16.0. The number of amides is 1. The van der Waals surface area contributed by atoms with E-state index in [9.17, 15) is 18.0 Å². The first kappa shape index (κ1) is 20.8. The second-order valence-corrected chi connectivity index (χ2v) is 8.47. The molecule has 3 heterocycles. The molecule has 0 aromatic carbocycles. The molecule has 1 aliphatic carbocycles. The number of aromatic nitrogens is 2. The van der Waals surface area contributed by atoms with Gasteiger partial charge in [-0.3, -0.25) is 4.79 Å². The minimum Gasteiger partial charge on any atom is -0.475 e. The zero-order valence-electron chi connectivity index (χ0n) is 15.2. The number of hydrogen-bond acceptors (Lipinski definition) is 7.